The number of hydrogen-bond donors (Lipinski definition) is 1. The monoisotopic (exact) mass is 299 g/mol. The molecule has 23 heavy (non-hydrogen) atoms. The van der Waals surface area contributed by atoms with Crippen molar-refractivity contribution in [3.05, 3.63) is 84.2 Å². The summed E-state index contributed by atoms with van der Waals surface area (Å²) in [6, 6.07) is 20.2. The van der Waals surface area contributed by atoms with Crippen molar-refractivity contribution in [3.8, 4) is 6.07 Å². The lowest BCUT2D eigenvalue weighted by molar-refractivity contribution is 0.103. The zero-order valence-electron chi connectivity index (χ0n) is 12.2. The van der Waals surface area contributed by atoms with E-state index in [4.69, 9.17) is 0 Å². The fourth-order valence-electron chi connectivity index (χ4n) is 2.26. The van der Waals surface area contributed by atoms with Gasteiger partial charge in [0.05, 0.1) is 11.2 Å². The zero-order valence-corrected chi connectivity index (χ0v) is 12.2. The topological polar surface area (TPSA) is 65.8 Å². The molecule has 3 aromatic rings. The van der Waals surface area contributed by atoms with Gasteiger partial charge in [-0.2, -0.15) is 5.26 Å². The first-order valence-corrected chi connectivity index (χ1v) is 7.10. The Morgan fingerprint density at radius 1 is 1.04 bits per heavy atom. The predicted octanol–water partition coefficient (Wildman–Crippen LogP) is 3.94. The summed E-state index contributed by atoms with van der Waals surface area (Å²) in [4.78, 5) is 16.6. The van der Waals surface area contributed by atoms with Gasteiger partial charge in [-0.3, -0.25) is 9.78 Å². The summed E-state index contributed by atoms with van der Waals surface area (Å²) in [5.74, 6) is -0.311. The second-order valence-corrected chi connectivity index (χ2v) is 4.89. The number of ketones is 1. The van der Waals surface area contributed by atoms with E-state index in [-0.39, 0.29) is 11.4 Å². The van der Waals surface area contributed by atoms with Gasteiger partial charge in [0.25, 0.3) is 0 Å². The highest BCUT2D eigenvalue weighted by molar-refractivity contribution is 6.11. The third-order valence-corrected chi connectivity index (χ3v) is 3.41. The van der Waals surface area contributed by atoms with Crippen LogP contribution in [0.5, 0.6) is 0 Å². The Bertz CT molecular complexity index is 919. The van der Waals surface area contributed by atoms with Crippen LogP contribution < -0.4 is 5.32 Å². The van der Waals surface area contributed by atoms with Crippen molar-refractivity contribution in [3.63, 3.8) is 0 Å². The van der Waals surface area contributed by atoms with Gasteiger partial charge in [-0.25, -0.2) is 0 Å². The molecular weight excluding hydrogens is 286 g/mol. The highest BCUT2D eigenvalue weighted by Gasteiger charge is 2.11. The Morgan fingerprint density at radius 2 is 1.83 bits per heavy atom. The molecule has 1 N–H and O–H groups in total. The first-order valence-electron chi connectivity index (χ1n) is 7.10. The quantitative estimate of drug-likeness (QED) is 0.450. The summed E-state index contributed by atoms with van der Waals surface area (Å²) in [6.45, 7) is 0. The molecule has 0 saturated heterocycles. The molecule has 0 saturated carbocycles. The number of hydrogen-bond acceptors (Lipinski definition) is 4. The number of anilines is 1. The summed E-state index contributed by atoms with van der Waals surface area (Å²) in [7, 11) is 0. The molecule has 0 radical (unpaired) electrons. The summed E-state index contributed by atoms with van der Waals surface area (Å²) in [5.41, 5.74) is 2.06. The Balaban J connectivity index is 1.91. The molecule has 0 atom stereocenters. The van der Waals surface area contributed by atoms with Crippen molar-refractivity contribution in [2.24, 2.45) is 0 Å². The van der Waals surface area contributed by atoms with Crippen LogP contribution in [-0.4, -0.2) is 10.8 Å². The van der Waals surface area contributed by atoms with Crippen LogP contribution in [0.3, 0.4) is 0 Å². The summed E-state index contributed by atoms with van der Waals surface area (Å²) >= 11 is 0. The average molecular weight is 299 g/mol. The molecule has 0 spiro atoms. The van der Waals surface area contributed by atoms with Crippen LogP contribution in [0.15, 0.2) is 78.6 Å². The first kappa shape index (κ1) is 14.5. The number of Topliss-reactive ketones (excluding diaryl/α,β-unsaturated/α-hetero) is 1. The van der Waals surface area contributed by atoms with Crippen LogP contribution in [0.2, 0.25) is 0 Å². The minimum atomic E-state index is -0.311. The van der Waals surface area contributed by atoms with Gasteiger partial charge >= 0.3 is 0 Å². The van der Waals surface area contributed by atoms with E-state index < -0.39 is 0 Å². The molecule has 3 rings (SSSR count). The van der Waals surface area contributed by atoms with Crippen LogP contribution >= 0.6 is 0 Å². The number of aromatic nitrogens is 1. The average Bonchev–Trinajstić information content (AvgIpc) is 2.63. The number of nitrogens with one attached hydrogen (secondary N) is 1. The molecule has 4 heteroatoms. The van der Waals surface area contributed by atoms with E-state index in [0.29, 0.717) is 5.56 Å². The molecule has 0 bridgehead atoms. The molecule has 0 aliphatic carbocycles. The minimum absolute atomic E-state index is 0.0455. The summed E-state index contributed by atoms with van der Waals surface area (Å²) in [5, 5.41) is 13.3. The number of carbonyl (C=O) groups is 1. The fraction of sp³-hybridized carbons (Fsp3) is 0. The van der Waals surface area contributed by atoms with Gasteiger partial charge in [-0.15, -0.1) is 0 Å². The molecule has 0 unspecified atom stereocenters. The van der Waals surface area contributed by atoms with E-state index in [0.717, 1.165) is 16.6 Å². The standard InChI is InChI=1S/C19H13N3O/c20-12-16(19(23)15-6-2-1-3-7-15)13-22-17-10-4-8-14-9-5-11-21-18(14)17/h1-11,13,22H/b16-13+. The normalized spacial score (nSPS) is 11.0. The van der Waals surface area contributed by atoms with Crippen molar-refractivity contribution in [2.75, 3.05) is 5.32 Å². The second-order valence-electron chi connectivity index (χ2n) is 4.89. The van der Waals surface area contributed by atoms with Crippen molar-refractivity contribution in [1.29, 1.82) is 5.26 Å². The van der Waals surface area contributed by atoms with E-state index in [9.17, 15) is 10.1 Å². The van der Waals surface area contributed by atoms with Crippen LogP contribution in [0, 0.1) is 11.3 Å². The Kier molecular flexibility index (Phi) is 4.12. The van der Waals surface area contributed by atoms with E-state index in [1.54, 1.807) is 30.5 Å². The third-order valence-electron chi connectivity index (χ3n) is 3.41. The highest BCUT2D eigenvalue weighted by atomic mass is 16.1. The zero-order chi connectivity index (χ0) is 16.1. The molecule has 4 nitrogen and oxygen atoms in total. The van der Waals surface area contributed by atoms with E-state index in [1.807, 2.05) is 42.5 Å². The van der Waals surface area contributed by atoms with Crippen molar-refractivity contribution in [1.82, 2.24) is 4.98 Å². The Morgan fingerprint density at radius 3 is 2.61 bits per heavy atom. The van der Waals surface area contributed by atoms with E-state index >= 15 is 0 Å². The molecular formula is C19H13N3O. The van der Waals surface area contributed by atoms with Gasteiger partial charge in [-0.1, -0.05) is 48.5 Å². The lowest BCUT2D eigenvalue weighted by Crippen LogP contribution is -2.04. The van der Waals surface area contributed by atoms with Gasteiger partial charge in [0.1, 0.15) is 11.6 Å². The fourth-order valence-corrected chi connectivity index (χ4v) is 2.26. The summed E-state index contributed by atoms with van der Waals surface area (Å²) in [6.07, 6.45) is 3.14. The maximum atomic E-state index is 12.3. The number of rotatable bonds is 4. The molecule has 0 aliphatic heterocycles. The third kappa shape index (κ3) is 3.09. The number of carbonyl (C=O) groups excluding carboxylic acids is 1. The summed E-state index contributed by atoms with van der Waals surface area (Å²) < 4.78 is 0. The number of nitriles is 1. The van der Waals surface area contributed by atoms with E-state index in [1.165, 1.54) is 6.20 Å². The predicted molar refractivity (Wildman–Crippen MR) is 89.8 cm³/mol. The number of benzene rings is 2. The van der Waals surface area contributed by atoms with Crippen LogP contribution in [-0.2, 0) is 0 Å². The molecule has 0 amide bonds. The first-order chi connectivity index (χ1) is 11.3. The molecule has 0 fully saturated rings. The maximum absolute atomic E-state index is 12.3. The largest absolute Gasteiger partial charge is 0.359 e. The number of fused-ring (bicyclic) bond motifs is 1. The smallest absolute Gasteiger partial charge is 0.205 e. The number of para-hydroxylation sites is 1. The van der Waals surface area contributed by atoms with Crippen molar-refractivity contribution in [2.45, 2.75) is 0 Å². The maximum Gasteiger partial charge on any atom is 0.205 e. The van der Waals surface area contributed by atoms with E-state index in [2.05, 4.69) is 10.3 Å². The van der Waals surface area contributed by atoms with Gasteiger partial charge in [0.15, 0.2) is 0 Å². The molecule has 110 valence electrons. The number of nitrogens with zero attached hydrogens (tertiary/aromatic N) is 2. The molecule has 1 heterocycles. The Hall–Kier alpha value is -3.45. The van der Waals surface area contributed by atoms with Gasteiger partial charge in [0, 0.05) is 23.3 Å². The second kappa shape index (κ2) is 6.54. The highest BCUT2D eigenvalue weighted by Crippen LogP contribution is 2.21. The Labute approximate surface area is 133 Å². The molecule has 0 aliphatic rings. The van der Waals surface area contributed by atoms with Crippen molar-refractivity contribution < 1.29 is 4.79 Å². The molecule has 2 aromatic carbocycles. The van der Waals surface area contributed by atoms with Gasteiger partial charge < -0.3 is 5.32 Å². The SMILES string of the molecule is N#C/C(=C\Nc1cccc2cccnc12)C(=O)c1ccccc1. The number of allylic oxidation sites excluding steroid dienone is 1. The van der Waals surface area contributed by atoms with Crippen molar-refractivity contribution >= 4 is 22.4 Å². The minimum Gasteiger partial charge on any atom is -0.359 e. The molecule has 1 aromatic heterocycles. The van der Waals surface area contributed by atoms with Crippen LogP contribution in [0.4, 0.5) is 5.69 Å². The van der Waals surface area contributed by atoms with Gasteiger partial charge in [-0.05, 0) is 12.1 Å². The lowest BCUT2D eigenvalue weighted by Gasteiger charge is -2.06. The lowest BCUT2D eigenvalue weighted by atomic mass is 10.1. The number of pyridine rings is 1. The van der Waals surface area contributed by atoms with Gasteiger partial charge in [0.2, 0.25) is 5.78 Å². The van der Waals surface area contributed by atoms with Crippen LogP contribution in [0.1, 0.15) is 10.4 Å². The van der Waals surface area contributed by atoms with Crippen LogP contribution in [0.25, 0.3) is 10.9 Å².